The molecule has 0 aliphatic heterocycles. The average molecular weight is 480 g/mol. The van der Waals surface area contributed by atoms with E-state index in [0.717, 1.165) is 17.3 Å². The van der Waals surface area contributed by atoms with Crippen LogP contribution in [0.5, 0.6) is 5.75 Å². The standard InChI is InChI=1S/C21H23Cl2N5O2S/c1-21(2,3)11-9-10-14(17(29)15(11)20(30)28(4)5)25-19-18(26-31-27-19)24-13-8-6-7-12(22)16(13)23/h6-10,29H,1-5H3,(H,24,26)(H,25,27). The molecular formula is C21H23Cl2N5O2S. The van der Waals surface area contributed by atoms with Crippen LogP contribution in [-0.4, -0.2) is 38.8 Å². The summed E-state index contributed by atoms with van der Waals surface area (Å²) in [6.07, 6.45) is 0. The van der Waals surface area contributed by atoms with E-state index in [1.54, 1.807) is 38.4 Å². The summed E-state index contributed by atoms with van der Waals surface area (Å²) in [6, 6.07) is 8.77. The molecule has 0 bridgehead atoms. The normalized spacial score (nSPS) is 11.3. The summed E-state index contributed by atoms with van der Waals surface area (Å²) in [5.41, 5.74) is 1.56. The Balaban J connectivity index is 1.99. The lowest BCUT2D eigenvalue weighted by Gasteiger charge is -2.25. The molecule has 0 unspecified atom stereocenters. The molecule has 0 saturated carbocycles. The number of aromatic hydroxyl groups is 1. The summed E-state index contributed by atoms with van der Waals surface area (Å²) < 4.78 is 8.51. The maximum atomic E-state index is 12.8. The molecule has 0 spiro atoms. The van der Waals surface area contributed by atoms with Crippen molar-refractivity contribution < 1.29 is 9.90 Å². The molecular weight excluding hydrogens is 457 g/mol. The third kappa shape index (κ3) is 4.87. The number of rotatable bonds is 5. The highest BCUT2D eigenvalue weighted by Gasteiger charge is 2.28. The van der Waals surface area contributed by atoms with Crippen molar-refractivity contribution >= 4 is 63.8 Å². The second-order valence-corrected chi connectivity index (χ2v) is 9.46. The minimum atomic E-state index is -0.338. The molecule has 0 radical (unpaired) electrons. The number of amides is 1. The molecule has 3 N–H and O–H groups in total. The van der Waals surface area contributed by atoms with Crippen LogP contribution in [0, 0.1) is 0 Å². The Morgan fingerprint density at radius 3 is 2.23 bits per heavy atom. The highest BCUT2D eigenvalue weighted by atomic mass is 35.5. The summed E-state index contributed by atoms with van der Waals surface area (Å²) in [5, 5.41) is 17.9. The van der Waals surface area contributed by atoms with Crippen molar-refractivity contribution in [2.45, 2.75) is 26.2 Å². The van der Waals surface area contributed by atoms with Crippen molar-refractivity contribution in [1.82, 2.24) is 13.6 Å². The molecule has 0 aliphatic carbocycles. The number of phenols is 1. The predicted molar refractivity (Wildman–Crippen MR) is 128 cm³/mol. The zero-order valence-electron chi connectivity index (χ0n) is 17.7. The Morgan fingerprint density at radius 2 is 1.65 bits per heavy atom. The molecule has 0 saturated heterocycles. The van der Waals surface area contributed by atoms with Crippen molar-refractivity contribution in [3.05, 3.63) is 51.5 Å². The van der Waals surface area contributed by atoms with Gasteiger partial charge in [-0.05, 0) is 29.2 Å². The number of anilines is 4. The van der Waals surface area contributed by atoms with Gasteiger partial charge >= 0.3 is 0 Å². The Bertz CT molecular complexity index is 1130. The molecule has 10 heteroatoms. The lowest BCUT2D eigenvalue weighted by atomic mass is 9.82. The number of benzene rings is 2. The van der Waals surface area contributed by atoms with E-state index < -0.39 is 0 Å². The van der Waals surface area contributed by atoms with E-state index in [1.807, 2.05) is 26.8 Å². The van der Waals surface area contributed by atoms with Gasteiger partial charge in [-0.15, -0.1) is 0 Å². The molecule has 1 amide bonds. The van der Waals surface area contributed by atoms with E-state index in [1.165, 1.54) is 4.90 Å². The lowest BCUT2D eigenvalue weighted by molar-refractivity contribution is 0.0822. The van der Waals surface area contributed by atoms with Gasteiger partial charge in [-0.25, -0.2) is 0 Å². The first-order valence-electron chi connectivity index (χ1n) is 9.39. The van der Waals surface area contributed by atoms with Crippen LogP contribution in [0.3, 0.4) is 0 Å². The van der Waals surface area contributed by atoms with Crippen LogP contribution in [0.15, 0.2) is 30.3 Å². The van der Waals surface area contributed by atoms with Gasteiger partial charge in [-0.2, -0.15) is 8.75 Å². The van der Waals surface area contributed by atoms with Gasteiger partial charge in [0.25, 0.3) is 5.91 Å². The first-order chi connectivity index (χ1) is 14.5. The Hall–Kier alpha value is -2.55. The predicted octanol–water partition coefficient (Wildman–Crippen LogP) is 6.04. The van der Waals surface area contributed by atoms with Crippen LogP contribution >= 0.6 is 34.9 Å². The van der Waals surface area contributed by atoms with Crippen LogP contribution in [0.25, 0.3) is 0 Å². The monoisotopic (exact) mass is 479 g/mol. The first kappa shape index (κ1) is 23.1. The lowest BCUT2D eigenvalue weighted by Crippen LogP contribution is -2.26. The summed E-state index contributed by atoms with van der Waals surface area (Å²) in [5.74, 6) is 0.356. The smallest absolute Gasteiger partial charge is 0.257 e. The molecule has 3 rings (SSSR count). The van der Waals surface area contributed by atoms with Crippen molar-refractivity contribution in [2.75, 3.05) is 24.7 Å². The second kappa shape index (κ2) is 8.90. The summed E-state index contributed by atoms with van der Waals surface area (Å²) in [4.78, 5) is 14.3. The van der Waals surface area contributed by atoms with Gasteiger partial charge in [0, 0.05) is 14.1 Å². The van der Waals surface area contributed by atoms with Crippen LogP contribution < -0.4 is 10.6 Å². The van der Waals surface area contributed by atoms with Crippen LogP contribution in [-0.2, 0) is 5.41 Å². The maximum Gasteiger partial charge on any atom is 0.257 e. The van der Waals surface area contributed by atoms with Gasteiger partial charge in [0.1, 0.15) is 0 Å². The third-order valence-corrected chi connectivity index (χ3v) is 5.90. The number of aromatic nitrogens is 2. The fourth-order valence-corrected chi connectivity index (χ4v) is 3.78. The summed E-state index contributed by atoms with van der Waals surface area (Å²) in [6.45, 7) is 5.97. The maximum absolute atomic E-state index is 12.8. The molecule has 0 fully saturated rings. The Kier molecular flexibility index (Phi) is 6.64. The minimum Gasteiger partial charge on any atom is -0.505 e. The fraction of sp³-hybridized carbons (Fsp3) is 0.286. The van der Waals surface area contributed by atoms with Crippen molar-refractivity contribution in [3.8, 4) is 5.75 Å². The number of nitrogens with zero attached hydrogens (tertiary/aromatic N) is 3. The molecule has 3 aromatic rings. The molecule has 1 heterocycles. The summed E-state index contributed by atoms with van der Waals surface area (Å²) in [7, 11) is 3.30. The van der Waals surface area contributed by atoms with E-state index in [9.17, 15) is 9.90 Å². The largest absolute Gasteiger partial charge is 0.505 e. The van der Waals surface area contributed by atoms with Gasteiger partial charge in [-0.1, -0.05) is 56.1 Å². The average Bonchev–Trinajstić information content (AvgIpc) is 3.12. The number of carbonyl (C=O) groups is 1. The van der Waals surface area contributed by atoms with Crippen LogP contribution in [0.2, 0.25) is 10.0 Å². The molecule has 164 valence electrons. The second-order valence-electron chi connectivity index (χ2n) is 8.15. The van der Waals surface area contributed by atoms with Gasteiger partial charge < -0.3 is 20.6 Å². The van der Waals surface area contributed by atoms with Gasteiger partial charge in [-0.3, -0.25) is 4.79 Å². The van der Waals surface area contributed by atoms with Crippen molar-refractivity contribution in [3.63, 3.8) is 0 Å². The van der Waals surface area contributed by atoms with E-state index >= 15 is 0 Å². The first-order valence-corrected chi connectivity index (χ1v) is 10.9. The van der Waals surface area contributed by atoms with Crippen molar-refractivity contribution in [1.29, 1.82) is 0 Å². The van der Waals surface area contributed by atoms with E-state index in [0.29, 0.717) is 33.1 Å². The fourth-order valence-electron chi connectivity index (χ4n) is 2.97. The van der Waals surface area contributed by atoms with E-state index in [4.69, 9.17) is 23.2 Å². The molecule has 0 atom stereocenters. The van der Waals surface area contributed by atoms with Gasteiger partial charge in [0.15, 0.2) is 17.4 Å². The number of hydrogen-bond donors (Lipinski definition) is 3. The number of carbonyl (C=O) groups excluding carboxylic acids is 1. The van der Waals surface area contributed by atoms with Crippen LogP contribution in [0.1, 0.15) is 36.7 Å². The minimum absolute atomic E-state index is 0.147. The molecule has 2 aromatic carbocycles. The molecule has 0 aliphatic rings. The quantitative estimate of drug-likeness (QED) is 0.386. The number of halogens is 2. The zero-order valence-corrected chi connectivity index (χ0v) is 20.1. The zero-order chi connectivity index (χ0) is 22.9. The molecule has 1 aromatic heterocycles. The van der Waals surface area contributed by atoms with Gasteiger partial charge in [0.05, 0.1) is 38.7 Å². The molecule has 31 heavy (non-hydrogen) atoms. The van der Waals surface area contributed by atoms with E-state index in [-0.39, 0.29) is 22.6 Å². The third-order valence-electron chi connectivity index (χ3n) is 4.55. The highest BCUT2D eigenvalue weighted by molar-refractivity contribution is 6.99. The number of nitrogens with one attached hydrogen (secondary N) is 2. The SMILES string of the molecule is CN(C)C(=O)c1c(C(C)(C)C)ccc(Nc2nsnc2Nc2cccc(Cl)c2Cl)c1O. The number of phenolic OH excluding ortho intramolecular Hbond substituents is 1. The van der Waals surface area contributed by atoms with Crippen molar-refractivity contribution in [2.24, 2.45) is 0 Å². The van der Waals surface area contributed by atoms with Gasteiger partial charge in [0.2, 0.25) is 0 Å². The number of hydrogen-bond acceptors (Lipinski definition) is 7. The Labute approximate surface area is 195 Å². The highest BCUT2D eigenvalue weighted by Crippen LogP contribution is 2.40. The van der Waals surface area contributed by atoms with E-state index in [2.05, 4.69) is 19.4 Å². The molecule has 7 nitrogen and oxygen atoms in total. The summed E-state index contributed by atoms with van der Waals surface area (Å²) >= 11 is 13.3. The Morgan fingerprint density at radius 1 is 1.03 bits per heavy atom. The van der Waals surface area contributed by atoms with Crippen LogP contribution in [0.4, 0.5) is 23.0 Å². The topological polar surface area (TPSA) is 90.4 Å².